The average molecular weight is 894 g/mol. The quantitative estimate of drug-likeness (QED) is 0.154. The third kappa shape index (κ3) is 9.16. The number of aromatic amines is 1. The van der Waals surface area contributed by atoms with Crippen LogP contribution < -0.4 is 19.6 Å². The Morgan fingerprint density at radius 3 is 1.74 bits per heavy atom. The number of hydrogen-bond acceptors (Lipinski definition) is 10. The molecule has 2 aliphatic rings. The highest BCUT2D eigenvalue weighted by atomic mass is 35.5. The van der Waals surface area contributed by atoms with Crippen LogP contribution in [0.1, 0.15) is 54.4 Å². The molecule has 0 bridgehead atoms. The smallest absolute Gasteiger partial charge is 0.249 e. The van der Waals surface area contributed by atoms with Crippen LogP contribution in [0.2, 0.25) is 15.3 Å². The number of carbonyl (C=O) groups excluding carboxylic acids is 2. The first-order valence-corrected chi connectivity index (χ1v) is 20.7. The molecule has 61 heavy (non-hydrogen) atoms. The number of likely N-dealkylation sites (N-methyl/N-ethyl adjacent to an activating group) is 2. The van der Waals surface area contributed by atoms with Crippen LogP contribution in [0.5, 0.6) is 0 Å². The predicted octanol–water partition coefficient (Wildman–Crippen LogP) is 9.06. The lowest BCUT2D eigenvalue weighted by atomic mass is 10.1. The first-order valence-electron chi connectivity index (χ1n) is 19.5. The van der Waals surface area contributed by atoms with Gasteiger partial charge in [-0.3, -0.25) is 14.2 Å². The van der Waals surface area contributed by atoms with Gasteiger partial charge in [0.25, 0.3) is 0 Å². The molecule has 0 unspecified atom stereocenters. The van der Waals surface area contributed by atoms with Gasteiger partial charge in [0.1, 0.15) is 46.7 Å². The summed E-state index contributed by atoms with van der Waals surface area (Å²) in [5.41, 5.74) is 2.79. The van der Waals surface area contributed by atoms with E-state index >= 15 is 0 Å². The van der Waals surface area contributed by atoms with E-state index in [2.05, 4.69) is 29.9 Å². The number of anilines is 4. The van der Waals surface area contributed by atoms with Gasteiger partial charge in [-0.1, -0.05) is 37.0 Å². The molecule has 0 radical (unpaired) electrons. The van der Waals surface area contributed by atoms with Crippen molar-refractivity contribution in [1.82, 2.24) is 39.5 Å². The Kier molecular flexibility index (Phi) is 13.9. The summed E-state index contributed by atoms with van der Waals surface area (Å²) in [4.78, 5) is 61.2. The molecule has 2 aromatic carbocycles. The summed E-state index contributed by atoms with van der Waals surface area (Å²) < 4.78 is 28.1. The minimum atomic E-state index is -0.491. The van der Waals surface area contributed by atoms with Crippen LogP contribution >= 0.6 is 34.8 Å². The second-order valence-electron chi connectivity index (χ2n) is 14.7. The molecule has 0 saturated heterocycles. The van der Waals surface area contributed by atoms with Gasteiger partial charge in [-0.25, -0.2) is 28.7 Å². The zero-order chi connectivity index (χ0) is 44.3. The maximum atomic E-state index is 13.6. The molecule has 2 amide bonds. The average Bonchev–Trinajstić information content (AvgIpc) is 3.96. The van der Waals surface area contributed by atoms with Gasteiger partial charge in [-0.05, 0) is 88.5 Å². The second-order valence-corrected chi connectivity index (χ2v) is 15.8. The van der Waals surface area contributed by atoms with Gasteiger partial charge in [0.05, 0.1) is 22.4 Å². The van der Waals surface area contributed by atoms with Crippen LogP contribution in [0.25, 0.3) is 28.7 Å². The van der Waals surface area contributed by atoms with E-state index in [0.717, 1.165) is 17.8 Å². The molecule has 6 heterocycles. The number of imidazole rings is 2. The number of carbonyl (C=O) groups is 2. The van der Waals surface area contributed by atoms with Crippen molar-refractivity contribution in [3.63, 3.8) is 0 Å². The monoisotopic (exact) mass is 892 g/mol. The molecule has 4 aromatic heterocycles. The Morgan fingerprint density at radius 1 is 0.705 bits per heavy atom. The Hall–Kier alpha value is -5.71. The van der Waals surface area contributed by atoms with Crippen molar-refractivity contribution in [2.24, 2.45) is 0 Å². The Balaban J connectivity index is 0.000000170. The van der Waals surface area contributed by atoms with E-state index in [4.69, 9.17) is 39.8 Å². The third-order valence-electron chi connectivity index (χ3n) is 10.2. The van der Waals surface area contributed by atoms with Crippen molar-refractivity contribution in [1.29, 1.82) is 0 Å². The summed E-state index contributed by atoms with van der Waals surface area (Å²) in [7, 11) is 3.49. The van der Waals surface area contributed by atoms with Crippen LogP contribution in [0.3, 0.4) is 0 Å². The summed E-state index contributed by atoms with van der Waals surface area (Å²) in [6.45, 7) is 12.2. The number of amides is 2. The number of aromatic nitrogens is 8. The van der Waals surface area contributed by atoms with Crippen molar-refractivity contribution in [3.05, 3.63) is 101 Å². The van der Waals surface area contributed by atoms with Crippen LogP contribution in [0.15, 0.2) is 73.6 Å². The van der Waals surface area contributed by atoms with E-state index in [9.17, 15) is 18.4 Å². The molecule has 0 spiro atoms. The summed E-state index contributed by atoms with van der Waals surface area (Å²) in [6, 6.07) is 8.70. The normalized spacial score (nSPS) is 16.0. The van der Waals surface area contributed by atoms with E-state index in [0.29, 0.717) is 46.8 Å². The van der Waals surface area contributed by atoms with E-state index in [1.54, 1.807) is 77.8 Å². The number of rotatable bonds is 7. The van der Waals surface area contributed by atoms with Crippen molar-refractivity contribution >= 4 is 69.6 Å². The van der Waals surface area contributed by atoms with E-state index in [1.807, 2.05) is 51.3 Å². The standard InChI is InChI=1S/C21H22ClFN6O.C12H17ClN4O.C9H6ClFN2/c1-5-16-20(30)27(4)17-11-25-21(26-19(17)29(16)12(2)3)28-9-8-24-18(28)13-6-7-15(23)14(22)10-13;1-5-8-11(18)16(4)9-6-14-12(13)15-10(9)17(8)7(2)3;10-7-5-6(1-2-8(7)11)9-12-3-4-13-9/h6-12,16H,5H2,1-4H3;6-8H,5H2,1-4H3;1-5H,(H,12,13)/t16-;8-;/m11./s1. The molecule has 0 saturated carbocycles. The van der Waals surface area contributed by atoms with Gasteiger partial charge < -0.3 is 24.6 Å². The highest BCUT2D eigenvalue weighted by Gasteiger charge is 2.39. The minimum Gasteiger partial charge on any atom is -0.345 e. The lowest BCUT2D eigenvalue weighted by Gasteiger charge is -2.42. The number of H-pyrrole nitrogens is 1. The van der Waals surface area contributed by atoms with Crippen LogP contribution in [0.4, 0.5) is 31.8 Å². The van der Waals surface area contributed by atoms with Gasteiger partial charge >= 0.3 is 0 Å². The van der Waals surface area contributed by atoms with Crippen molar-refractivity contribution in [3.8, 4) is 28.7 Å². The second kappa shape index (κ2) is 18.9. The molecule has 19 heteroatoms. The molecular formula is C42H45Cl3F2N12O2. The van der Waals surface area contributed by atoms with E-state index in [1.165, 1.54) is 24.3 Å². The molecular weight excluding hydrogens is 849 g/mol. The van der Waals surface area contributed by atoms with Crippen LogP contribution in [0, 0.1) is 11.6 Å². The number of fused-ring (bicyclic) bond motifs is 2. The zero-order valence-corrected chi connectivity index (χ0v) is 37.0. The summed E-state index contributed by atoms with van der Waals surface area (Å²) >= 11 is 17.4. The highest BCUT2D eigenvalue weighted by Crippen LogP contribution is 2.38. The van der Waals surface area contributed by atoms with Gasteiger partial charge in [0.2, 0.25) is 23.0 Å². The highest BCUT2D eigenvalue weighted by molar-refractivity contribution is 6.31. The van der Waals surface area contributed by atoms with Gasteiger partial charge in [0, 0.05) is 62.1 Å². The molecule has 8 rings (SSSR count). The first kappa shape index (κ1) is 44.8. The Bertz CT molecular complexity index is 2520. The maximum absolute atomic E-state index is 13.6. The SMILES string of the molecule is CC[C@@H]1C(=O)N(C)c2cnc(-n3ccnc3-c3ccc(F)c(Cl)c3)nc2N1C(C)C.CC[C@@H]1C(=O)N(C)c2cnc(Cl)nc2N1C(C)C.Fc1ccc(-c2ncc[nH]2)cc1Cl. The molecule has 1 N–H and O–H groups in total. The topological polar surface area (TPSA) is 145 Å². The number of hydrogen-bond donors (Lipinski definition) is 1. The molecule has 320 valence electrons. The summed E-state index contributed by atoms with van der Waals surface area (Å²) in [6.07, 6.45) is 11.4. The van der Waals surface area contributed by atoms with Crippen LogP contribution in [-0.2, 0) is 9.59 Å². The predicted molar refractivity (Wildman–Crippen MR) is 236 cm³/mol. The van der Waals surface area contributed by atoms with Gasteiger partial charge in [0.15, 0.2) is 11.6 Å². The molecule has 0 fully saturated rings. The molecule has 2 aliphatic heterocycles. The lowest BCUT2D eigenvalue weighted by Crippen LogP contribution is -2.55. The Labute approximate surface area is 367 Å². The van der Waals surface area contributed by atoms with Crippen molar-refractivity contribution in [2.45, 2.75) is 78.6 Å². The van der Waals surface area contributed by atoms with Gasteiger partial charge in [-0.15, -0.1) is 0 Å². The van der Waals surface area contributed by atoms with Crippen LogP contribution in [-0.4, -0.2) is 89.5 Å². The Morgan fingerprint density at radius 2 is 1.23 bits per heavy atom. The number of nitrogens with zero attached hydrogens (tertiary/aromatic N) is 11. The molecule has 6 aromatic rings. The number of nitrogens with one attached hydrogen (secondary N) is 1. The van der Waals surface area contributed by atoms with E-state index < -0.39 is 11.6 Å². The summed E-state index contributed by atoms with van der Waals surface area (Å²) in [5, 5.41) is 0.330. The molecule has 14 nitrogen and oxygen atoms in total. The number of halogens is 5. The van der Waals surface area contributed by atoms with Crippen molar-refractivity contribution < 1.29 is 18.4 Å². The fourth-order valence-corrected chi connectivity index (χ4v) is 7.71. The fraction of sp³-hybridized carbons (Fsp3) is 0.333. The van der Waals surface area contributed by atoms with Gasteiger partial charge in [-0.2, -0.15) is 9.97 Å². The number of benzene rings is 2. The molecule has 0 aliphatic carbocycles. The maximum Gasteiger partial charge on any atom is 0.249 e. The lowest BCUT2D eigenvalue weighted by molar-refractivity contribution is -0.120. The fourth-order valence-electron chi connectivity index (χ4n) is 7.22. The summed E-state index contributed by atoms with van der Waals surface area (Å²) in [5.74, 6) is 2.25. The van der Waals surface area contributed by atoms with Crippen molar-refractivity contribution in [2.75, 3.05) is 33.7 Å². The zero-order valence-electron chi connectivity index (χ0n) is 34.8. The largest absolute Gasteiger partial charge is 0.345 e. The minimum absolute atomic E-state index is 0.0188. The first-order chi connectivity index (χ1) is 29.1. The van der Waals surface area contributed by atoms with E-state index in [-0.39, 0.29) is 51.3 Å². The molecule has 2 atom stereocenters. The third-order valence-corrected chi connectivity index (χ3v) is 10.9.